The maximum Gasteiger partial charge on any atom is 0.284 e. The Morgan fingerprint density at radius 1 is 1.17 bits per heavy atom. The summed E-state index contributed by atoms with van der Waals surface area (Å²) in [5, 5.41) is 3.33. The number of nitrogens with zero attached hydrogens (tertiary/aromatic N) is 3. The van der Waals surface area contributed by atoms with Gasteiger partial charge in [0.15, 0.2) is 11.7 Å². The van der Waals surface area contributed by atoms with E-state index in [1.54, 1.807) is 12.1 Å². The van der Waals surface area contributed by atoms with Gasteiger partial charge in [0.05, 0.1) is 0 Å². The molecule has 0 unspecified atom stereocenters. The third-order valence-corrected chi connectivity index (χ3v) is 4.72. The second-order valence-corrected chi connectivity index (χ2v) is 6.79. The summed E-state index contributed by atoms with van der Waals surface area (Å²) in [6.07, 6.45) is 0. The minimum atomic E-state index is -0.570. The third-order valence-electron chi connectivity index (χ3n) is 4.72. The minimum absolute atomic E-state index is 0.159. The molecule has 0 atom stereocenters. The van der Waals surface area contributed by atoms with Crippen LogP contribution in [0.2, 0.25) is 0 Å². The van der Waals surface area contributed by atoms with Crippen molar-refractivity contribution in [3.05, 3.63) is 54.0 Å². The van der Waals surface area contributed by atoms with Gasteiger partial charge in [0.25, 0.3) is 5.91 Å². The summed E-state index contributed by atoms with van der Waals surface area (Å²) in [5.41, 5.74) is 5.23. The number of rotatable bonds is 8. The molecule has 1 amide bonds. The molecule has 2 heterocycles. The first-order valence-electron chi connectivity index (χ1n) is 9.97. The quantitative estimate of drug-likeness (QED) is 0.516. The average molecular weight is 399 g/mol. The summed E-state index contributed by atoms with van der Waals surface area (Å²) in [5.74, 6) is 1.96. The Morgan fingerprint density at radius 3 is 2.59 bits per heavy atom. The number of amides is 1. The predicted octanol–water partition coefficient (Wildman–Crippen LogP) is 1.54. The maximum atomic E-state index is 11.1. The van der Waals surface area contributed by atoms with Crippen LogP contribution in [0.1, 0.15) is 23.2 Å². The zero-order valence-corrected chi connectivity index (χ0v) is 16.8. The second-order valence-electron chi connectivity index (χ2n) is 6.79. The summed E-state index contributed by atoms with van der Waals surface area (Å²) >= 11 is 0. The van der Waals surface area contributed by atoms with Gasteiger partial charge >= 0.3 is 0 Å². The van der Waals surface area contributed by atoms with Gasteiger partial charge in [0, 0.05) is 39.3 Å². The molecule has 1 fully saturated rings. The molecule has 1 aromatic heterocycles. The molecule has 1 saturated heterocycles. The lowest BCUT2D eigenvalue weighted by atomic mass is 10.3. The summed E-state index contributed by atoms with van der Waals surface area (Å²) in [6, 6.07) is 13.2. The summed E-state index contributed by atoms with van der Waals surface area (Å²) < 4.78 is 11.2. The molecule has 3 N–H and O–H groups in total. The highest BCUT2D eigenvalue weighted by atomic mass is 16.5. The number of hydrogen-bond donors (Lipinski definition) is 2. The zero-order chi connectivity index (χ0) is 20.5. The first-order valence-corrected chi connectivity index (χ1v) is 9.97. The summed E-state index contributed by atoms with van der Waals surface area (Å²) in [4.78, 5) is 20.4. The fourth-order valence-electron chi connectivity index (χ4n) is 3.17. The molecule has 1 aromatic carbocycles. The molecule has 3 rings (SSSR count). The molecule has 0 radical (unpaired) electrons. The van der Waals surface area contributed by atoms with Crippen LogP contribution < -0.4 is 15.8 Å². The number of ether oxygens (including phenoxy) is 1. The Morgan fingerprint density at radius 2 is 1.93 bits per heavy atom. The van der Waals surface area contributed by atoms with Crippen molar-refractivity contribution in [3.8, 4) is 5.75 Å². The van der Waals surface area contributed by atoms with E-state index in [0.29, 0.717) is 18.9 Å². The highest BCUT2D eigenvalue weighted by molar-refractivity contribution is 5.89. The van der Waals surface area contributed by atoms with Crippen LogP contribution >= 0.6 is 0 Å². The van der Waals surface area contributed by atoms with Crippen LogP contribution in [-0.4, -0.2) is 67.5 Å². The number of furan rings is 1. The summed E-state index contributed by atoms with van der Waals surface area (Å²) in [7, 11) is 0. The molecule has 1 aliphatic heterocycles. The van der Waals surface area contributed by atoms with Gasteiger partial charge in [-0.05, 0) is 31.2 Å². The fourth-order valence-corrected chi connectivity index (χ4v) is 3.17. The van der Waals surface area contributed by atoms with Crippen LogP contribution in [0.4, 0.5) is 0 Å². The van der Waals surface area contributed by atoms with Gasteiger partial charge in [-0.25, -0.2) is 4.99 Å². The largest absolute Gasteiger partial charge is 0.492 e. The minimum Gasteiger partial charge on any atom is -0.492 e. The standard InChI is InChI=1S/C21H29N5O3/c1-2-23-21(24-16-18-8-9-19(29-18)20(22)27)26-12-10-25(11-13-26)14-15-28-17-6-4-3-5-7-17/h3-9H,2,10-16H2,1H3,(H2,22,27)(H,23,24). The van der Waals surface area contributed by atoms with E-state index in [2.05, 4.69) is 20.1 Å². The van der Waals surface area contributed by atoms with Crippen molar-refractivity contribution in [1.82, 2.24) is 15.1 Å². The van der Waals surface area contributed by atoms with Crippen LogP contribution in [0.15, 0.2) is 51.9 Å². The first-order chi connectivity index (χ1) is 14.2. The number of benzene rings is 1. The number of guanidine groups is 1. The van der Waals surface area contributed by atoms with E-state index in [9.17, 15) is 4.79 Å². The third kappa shape index (κ3) is 6.25. The van der Waals surface area contributed by atoms with Crippen molar-refractivity contribution >= 4 is 11.9 Å². The summed E-state index contributed by atoms with van der Waals surface area (Å²) in [6.45, 7) is 8.46. The Balaban J connectivity index is 1.46. The molecule has 29 heavy (non-hydrogen) atoms. The molecule has 0 bridgehead atoms. The molecule has 0 aliphatic carbocycles. The van der Waals surface area contributed by atoms with Gasteiger partial charge in [-0.15, -0.1) is 0 Å². The van der Waals surface area contributed by atoms with Crippen LogP contribution in [0.3, 0.4) is 0 Å². The van der Waals surface area contributed by atoms with E-state index in [4.69, 9.17) is 14.9 Å². The van der Waals surface area contributed by atoms with Crippen LogP contribution in [0.5, 0.6) is 5.75 Å². The number of hydrogen-bond acceptors (Lipinski definition) is 5. The topological polar surface area (TPSA) is 96.3 Å². The molecule has 8 nitrogen and oxygen atoms in total. The fraction of sp³-hybridized carbons (Fsp3) is 0.429. The van der Waals surface area contributed by atoms with Crippen molar-refractivity contribution in [1.29, 1.82) is 0 Å². The lowest BCUT2D eigenvalue weighted by molar-refractivity contribution is 0.0972. The van der Waals surface area contributed by atoms with Gasteiger partial charge in [0.1, 0.15) is 24.7 Å². The average Bonchev–Trinajstić information content (AvgIpc) is 3.22. The first kappa shape index (κ1) is 20.7. The van der Waals surface area contributed by atoms with Gasteiger partial charge in [0.2, 0.25) is 0 Å². The van der Waals surface area contributed by atoms with Gasteiger partial charge in [-0.3, -0.25) is 9.69 Å². The smallest absolute Gasteiger partial charge is 0.284 e. The Hall–Kier alpha value is -3.00. The van der Waals surface area contributed by atoms with E-state index in [1.807, 2.05) is 37.3 Å². The molecule has 2 aromatic rings. The lowest BCUT2D eigenvalue weighted by Gasteiger charge is -2.36. The van der Waals surface area contributed by atoms with E-state index < -0.39 is 5.91 Å². The molecular weight excluding hydrogens is 370 g/mol. The number of primary amides is 1. The Labute approximate surface area is 171 Å². The Kier molecular flexibility index (Phi) is 7.52. The van der Waals surface area contributed by atoms with Gasteiger partial charge < -0.3 is 25.1 Å². The van der Waals surface area contributed by atoms with Crippen molar-refractivity contribution in [3.63, 3.8) is 0 Å². The van der Waals surface area contributed by atoms with Crippen LogP contribution in [-0.2, 0) is 6.54 Å². The van der Waals surface area contributed by atoms with E-state index in [-0.39, 0.29) is 5.76 Å². The number of aliphatic imine (C=N–C) groups is 1. The van der Waals surface area contributed by atoms with Gasteiger partial charge in [-0.2, -0.15) is 0 Å². The highest BCUT2D eigenvalue weighted by Gasteiger charge is 2.19. The number of carbonyl (C=O) groups excluding carboxylic acids is 1. The lowest BCUT2D eigenvalue weighted by Crippen LogP contribution is -2.53. The SMILES string of the molecule is CCNC(=NCc1ccc(C(N)=O)o1)N1CCN(CCOc2ccccc2)CC1. The zero-order valence-electron chi connectivity index (χ0n) is 16.8. The normalized spacial score (nSPS) is 15.3. The number of nitrogens with one attached hydrogen (secondary N) is 1. The number of para-hydroxylation sites is 1. The van der Waals surface area contributed by atoms with E-state index in [1.165, 1.54) is 0 Å². The monoisotopic (exact) mass is 399 g/mol. The Bertz CT molecular complexity index is 798. The van der Waals surface area contributed by atoms with E-state index >= 15 is 0 Å². The number of piperazine rings is 1. The van der Waals surface area contributed by atoms with Crippen LogP contribution in [0, 0.1) is 0 Å². The van der Waals surface area contributed by atoms with Crippen molar-refractivity contribution in [2.24, 2.45) is 10.7 Å². The highest BCUT2D eigenvalue weighted by Crippen LogP contribution is 2.10. The van der Waals surface area contributed by atoms with Crippen molar-refractivity contribution in [2.45, 2.75) is 13.5 Å². The number of carbonyl (C=O) groups is 1. The molecular formula is C21H29N5O3. The molecule has 0 saturated carbocycles. The second kappa shape index (κ2) is 10.5. The van der Waals surface area contributed by atoms with Crippen molar-refractivity contribution in [2.75, 3.05) is 45.9 Å². The number of nitrogens with two attached hydrogens (primary N) is 1. The molecule has 1 aliphatic rings. The predicted molar refractivity (Wildman–Crippen MR) is 112 cm³/mol. The molecule has 156 valence electrons. The van der Waals surface area contributed by atoms with Crippen LogP contribution in [0.25, 0.3) is 0 Å². The van der Waals surface area contributed by atoms with Gasteiger partial charge in [-0.1, -0.05) is 18.2 Å². The van der Waals surface area contributed by atoms with Crippen molar-refractivity contribution < 1.29 is 13.9 Å². The van der Waals surface area contributed by atoms with E-state index in [0.717, 1.165) is 51.0 Å². The molecule has 8 heteroatoms. The maximum absolute atomic E-state index is 11.1. The molecule has 0 spiro atoms.